The number of rotatable bonds is 18. The van der Waals surface area contributed by atoms with Crippen molar-refractivity contribution in [1.82, 2.24) is 14.5 Å². The number of hydrogen-bond donors (Lipinski definition) is 4. The van der Waals surface area contributed by atoms with Gasteiger partial charge < -0.3 is 33.8 Å². The van der Waals surface area contributed by atoms with Crippen LogP contribution < -0.4 is 30.9 Å². The van der Waals surface area contributed by atoms with Gasteiger partial charge in [-0.05, 0) is 73.2 Å². The first-order valence-corrected chi connectivity index (χ1v) is 21.8. The van der Waals surface area contributed by atoms with E-state index in [1.54, 1.807) is 18.9 Å². The van der Waals surface area contributed by atoms with Gasteiger partial charge in [0.15, 0.2) is 6.10 Å². The fourth-order valence-electron chi connectivity index (χ4n) is 5.77. The average molecular weight is 945 g/mol. The van der Waals surface area contributed by atoms with Gasteiger partial charge in [0, 0.05) is 25.8 Å². The number of esters is 1. The molecule has 0 aliphatic heterocycles. The van der Waals surface area contributed by atoms with Gasteiger partial charge >= 0.3 is 31.4 Å². The van der Waals surface area contributed by atoms with Crippen molar-refractivity contribution < 1.29 is 66.0 Å². The number of amides is 1. The van der Waals surface area contributed by atoms with Crippen LogP contribution in [0.1, 0.15) is 55.6 Å². The number of benzene rings is 3. The number of anilines is 1. The van der Waals surface area contributed by atoms with Crippen molar-refractivity contribution in [2.24, 2.45) is 7.05 Å². The van der Waals surface area contributed by atoms with Gasteiger partial charge in [0.2, 0.25) is 5.91 Å². The van der Waals surface area contributed by atoms with Crippen molar-refractivity contribution in [3.8, 4) is 17.2 Å². The molecule has 4 N–H and O–H groups in total. The smallest absolute Gasteiger partial charge is 0.431 e. The number of halogens is 4. The van der Waals surface area contributed by atoms with Crippen molar-refractivity contribution in [2.45, 2.75) is 65.8 Å². The Kier molecular flexibility index (Phi) is 21.9. The van der Waals surface area contributed by atoms with Gasteiger partial charge in [-0.15, -0.1) is 11.6 Å². The molecule has 0 aliphatic carbocycles. The van der Waals surface area contributed by atoms with Crippen LogP contribution in [0.2, 0.25) is 0 Å². The van der Waals surface area contributed by atoms with E-state index in [0.29, 0.717) is 32.3 Å². The van der Waals surface area contributed by atoms with E-state index in [9.17, 15) is 41.7 Å². The SMILES string of the molecule is CCc1ccc(COc2ccc(-n3c(=O)cc(C(F)(F)F)n(C)c3=O)cc2)c(OC(C)C(=O)OC)c1.CCc1cccc(CC)c1N(COC)C(=O)CCl.O=C(O)CNCP(=O)(O)O. The lowest BCUT2D eigenvalue weighted by Gasteiger charge is -2.26. The minimum Gasteiger partial charge on any atom is -0.489 e. The number of carbonyl (C=O) groups is 3. The molecule has 0 radical (unpaired) electrons. The number of methoxy groups -OCH3 is 2. The maximum absolute atomic E-state index is 13.1. The summed E-state index contributed by atoms with van der Waals surface area (Å²) < 4.78 is 71.7. The van der Waals surface area contributed by atoms with Crippen LogP contribution in [-0.2, 0) is 67.5 Å². The molecule has 0 fully saturated rings. The standard InChI is InChI=1S/C25H25F3N2O6.C14H20ClNO2.C3H8NO5P/c1-5-16-6-7-17(20(12-16)36-15(2)23(32)34-4)14-35-19-10-8-18(9-11-19)30-22(31)13-21(25(26,27)28)29(3)24(30)33;1-4-11-7-6-8-12(5-2)14(11)16(10-18-3)13(17)9-15;5-3(6)1-4-2-10(7,8)9/h6-13,15H,5,14H2,1-4H3;6-8H,4-5,9-10H2,1-3H3;4H,1-2H2,(H,5,6)(H2,7,8,9). The average Bonchev–Trinajstić information content (AvgIpc) is 3.25. The van der Waals surface area contributed by atoms with Gasteiger partial charge in [-0.25, -0.2) is 14.2 Å². The molecule has 1 aromatic heterocycles. The summed E-state index contributed by atoms with van der Waals surface area (Å²) in [6.07, 6.45) is -3.76. The largest absolute Gasteiger partial charge is 0.489 e. The number of aliphatic carboxylic acids is 1. The first-order valence-electron chi connectivity index (χ1n) is 19.5. The summed E-state index contributed by atoms with van der Waals surface area (Å²) in [6.45, 7) is 7.58. The Balaban J connectivity index is 0.000000415. The molecular weight excluding hydrogens is 892 g/mol. The minimum absolute atomic E-state index is 0.0371. The van der Waals surface area contributed by atoms with Gasteiger partial charge in [0.1, 0.15) is 36.4 Å². The van der Waals surface area contributed by atoms with E-state index in [-0.39, 0.29) is 30.8 Å². The highest BCUT2D eigenvalue weighted by atomic mass is 35.5. The Morgan fingerprint density at radius 1 is 0.922 bits per heavy atom. The van der Waals surface area contributed by atoms with Gasteiger partial charge in [-0.2, -0.15) is 13.2 Å². The molecule has 3 aromatic carbocycles. The van der Waals surface area contributed by atoms with Gasteiger partial charge in [0.25, 0.3) is 5.56 Å². The van der Waals surface area contributed by atoms with Crippen LogP contribution in [0.4, 0.5) is 18.9 Å². The monoisotopic (exact) mass is 944 g/mol. The number of aromatic nitrogens is 2. The highest BCUT2D eigenvalue weighted by molar-refractivity contribution is 7.51. The summed E-state index contributed by atoms with van der Waals surface area (Å²) in [5.41, 5.74) is 1.44. The summed E-state index contributed by atoms with van der Waals surface area (Å²) in [5, 5.41) is 10.1. The predicted molar refractivity (Wildman–Crippen MR) is 232 cm³/mol. The number of carboxylic acids is 1. The molecule has 4 aromatic rings. The molecule has 1 amide bonds. The van der Waals surface area contributed by atoms with Crippen molar-refractivity contribution in [3.63, 3.8) is 0 Å². The molecule has 4 rings (SSSR count). The number of ether oxygens (including phenoxy) is 4. The summed E-state index contributed by atoms with van der Waals surface area (Å²) in [6, 6.07) is 17.8. The van der Waals surface area contributed by atoms with Crippen LogP contribution in [0.3, 0.4) is 0 Å². The van der Waals surface area contributed by atoms with E-state index >= 15 is 0 Å². The number of hydrogen-bond acceptors (Lipinski definition) is 11. The number of carboxylic acid groups (broad SMARTS) is 1. The molecule has 64 heavy (non-hydrogen) atoms. The zero-order chi connectivity index (χ0) is 48.4. The first kappa shape index (κ1) is 54.6. The molecular formula is C42H53ClF3N4O13P. The van der Waals surface area contributed by atoms with Gasteiger partial charge in [0.05, 0.1) is 31.3 Å². The summed E-state index contributed by atoms with van der Waals surface area (Å²) in [4.78, 5) is 76.2. The number of para-hydroxylation sites is 1. The Bertz CT molecular complexity index is 2330. The molecule has 0 saturated heterocycles. The third-order valence-corrected chi connectivity index (χ3v) is 9.84. The number of nitrogens with one attached hydrogen (secondary N) is 1. The second-order valence-corrected chi connectivity index (χ2v) is 15.5. The molecule has 0 bridgehead atoms. The van der Waals surface area contributed by atoms with E-state index in [2.05, 4.69) is 19.2 Å². The van der Waals surface area contributed by atoms with Crippen LogP contribution in [-0.4, -0.2) is 87.6 Å². The molecule has 0 spiro atoms. The molecule has 1 atom stereocenters. The van der Waals surface area contributed by atoms with Crippen molar-refractivity contribution in [2.75, 3.05) is 44.6 Å². The predicted octanol–water partition coefficient (Wildman–Crippen LogP) is 5.42. The van der Waals surface area contributed by atoms with Crippen LogP contribution in [0.5, 0.6) is 11.5 Å². The highest BCUT2D eigenvalue weighted by Gasteiger charge is 2.35. The summed E-state index contributed by atoms with van der Waals surface area (Å²) >= 11 is 5.68. The number of carbonyl (C=O) groups excluding carboxylic acids is 2. The number of nitrogens with zero attached hydrogens (tertiary/aromatic N) is 3. The van der Waals surface area contributed by atoms with Crippen molar-refractivity contribution in [1.29, 1.82) is 0 Å². The number of alkyl halides is 4. The van der Waals surface area contributed by atoms with E-state index in [0.717, 1.165) is 48.7 Å². The van der Waals surface area contributed by atoms with Crippen LogP contribution in [0.15, 0.2) is 76.3 Å². The van der Waals surface area contributed by atoms with E-state index in [1.165, 1.54) is 31.4 Å². The fourth-order valence-corrected chi connectivity index (χ4v) is 6.32. The molecule has 0 saturated carbocycles. The first-order chi connectivity index (χ1) is 30.1. The molecule has 0 aliphatic rings. The van der Waals surface area contributed by atoms with Gasteiger partial charge in [-0.3, -0.25) is 33.7 Å². The topological polar surface area (TPSA) is 225 Å². The summed E-state index contributed by atoms with van der Waals surface area (Å²) in [5.74, 6) is -0.998. The van der Waals surface area contributed by atoms with Crippen LogP contribution >= 0.6 is 19.2 Å². The van der Waals surface area contributed by atoms with Crippen molar-refractivity contribution >= 4 is 42.7 Å². The Labute approximate surface area is 372 Å². The maximum atomic E-state index is 13.1. The Morgan fingerprint density at radius 2 is 1.53 bits per heavy atom. The second-order valence-electron chi connectivity index (χ2n) is 13.6. The molecule has 22 heteroatoms. The Hall–Kier alpha value is -5.50. The molecule has 352 valence electrons. The van der Waals surface area contributed by atoms with Gasteiger partial charge in [-0.1, -0.05) is 51.1 Å². The zero-order valence-electron chi connectivity index (χ0n) is 36.3. The quantitative estimate of drug-likeness (QED) is 0.0423. The number of aryl methyl sites for hydroxylation is 3. The van der Waals surface area contributed by atoms with E-state index in [4.69, 9.17) is 45.4 Å². The van der Waals surface area contributed by atoms with Crippen LogP contribution in [0, 0.1) is 0 Å². The Morgan fingerprint density at radius 3 is 2.02 bits per heavy atom. The molecule has 17 nitrogen and oxygen atoms in total. The van der Waals surface area contributed by atoms with Crippen molar-refractivity contribution in [3.05, 3.63) is 116 Å². The van der Waals surface area contributed by atoms with E-state index < -0.39 is 61.6 Å². The molecule has 1 heterocycles. The maximum Gasteiger partial charge on any atom is 0.431 e. The fraction of sp³-hybridized carbons (Fsp3) is 0.405. The normalized spacial score (nSPS) is 11.6. The highest BCUT2D eigenvalue weighted by Crippen LogP contribution is 2.32. The molecule has 1 unspecified atom stereocenters. The lowest BCUT2D eigenvalue weighted by Crippen LogP contribution is -2.40. The third kappa shape index (κ3) is 16.6. The zero-order valence-corrected chi connectivity index (χ0v) is 38.0. The lowest BCUT2D eigenvalue weighted by molar-refractivity contribution is -0.148. The third-order valence-electron chi connectivity index (χ3n) is 8.98. The second kappa shape index (κ2) is 25.7. The van der Waals surface area contributed by atoms with Crippen LogP contribution in [0.25, 0.3) is 5.69 Å². The van der Waals surface area contributed by atoms with E-state index in [1.807, 2.05) is 43.3 Å². The lowest BCUT2D eigenvalue weighted by atomic mass is 10.0. The summed E-state index contributed by atoms with van der Waals surface area (Å²) in [7, 11) is -0.300. The minimum atomic E-state index is -4.84.